The van der Waals surface area contributed by atoms with E-state index in [2.05, 4.69) is 62.2 Å². The van der Waals surface area contributed by atoms with E-state index in [0.717, 1.165) is 30.5 Å². The lowest BCUT2D eigenvalue weighted by Gasteiger charge is -2.48. The first-order valence-electron chi connectivity index (χ1n) is 10.8. The lowest BCUT2D eigenvalue weighted by atomic mass is 9.79. The van der Waals surface area contributed by atoms with Gasteiger partial charge in [0.15, 0.2) is 6.61 Å². The minimum absolute atomic E-state index is 0.111. The van der Waals surface area contributed by atoms with Crippen molar-refractivity contribution >= 4 is 29.4 Å². The maximum absolute atomic E-state index is 12.0. The molecular formula is C25H32ClN3O2. The molecule has 1 atom stereocenters. The predicted octanol–water partition coefficient (Wildman–Crippen LogP) is 5.68. The second-order valence-corrected chi connectivity index (χ2v) is 9.31. The third kappa shape index (κ3) is 5.59. The van der Waals surface area contributed by atoms with Crippen LogP contribution in [0.15, 0.2) is 41.5 Å². The van der Waals surface area contributed by atoms with Crippen molar-refractivity contribution in [1.29, 1.82) is 0 Å². The molecule has 1 aliphatic rings. The zero-order valence-electron chi connectivity index (χ0n) is 19.0. The van der Waals surface area contributed by atoms with E-state index in [1.807, 2.05) is 0 Å². The molecule has 0 aliphatic carbocycles. The number of hydrazone groups is 1. The van der Waals surface area contributed by atoms with E-state index in [4.69, 9.17) is 16.3 Å². The number of fused-ring (bicyclic) bond motifs is 1. The number of carbonyl (C=O) groups excluding carboxylic acids is 1. The molecule has 1 unspecified atom stereocenters. The van der Waals surface area contributed by atoms with Crippen LogP contribution in [0.2, 0.25) is 5.02 Å². The molecule has 166 valence electrons. The summed E-state index contributed by atoms with van der Waals surface area (Å²) >= 11 is 5.85. The van der Waals surface area contributed by atoms with Gasteiger partial charge in [-0.15, -0.1) is 0 Å². The van der Waals surface area contributed by atoms with E-state index in [9.17, 15) is 4.79 Å². The Kier molecular flexibility index (Phi) is 7.26. The number of nitrogens with zero attached hydrogens (tertiary/aromatic N) is 2. The molecule has 1 N–H and O–H groups in total. The number of hydrogen-bond acceptors (Lipinski definition) is 4. The van der Waals surface area contributed by atoms with Crippen molar-refractivity contribution in [3.8, 4) is 5.75 Å². The number of halogens is 1. The second-order valence-electron chi connectivity index (χ2n) is 8.87. The molecule has 1 aliphatic heterocycles. The summed E-state index contributed by atoms with van der Waals surface area (Å²) < 4.78 is 5.44. The molecule has 6 heteroatoms. The first-order valence-corrected chi connectivity index (χ1v) is 11.2. The number of benzene rings is 2. The maximum atomic E-state index is 12.0. The number of aryl methyl sites for hydroxylation is 1. The van der Waals surface area contributed by atoms with Crippen molar-refractivity contribution in [1.82, 2.24) is 5.43 Å². The fourth-order valence-corrected chi connectivity index (χ4v) is 4.45. The fraction of sp³-hybridized carbons (Fsp3) is 0.440. The molecule has 3 rings (SSSR count). The number of rotatable bonds is 7. The molecule has 0 radical (unpaired) electrons. The van der Waals surface area contributed by atoms with Gasteiger partial charge in [-0.1, -0.05) is 25.4 Å². The highest BCUT2D eigenvalue weighted by atomic mass is 35.5. The van der Waals surface area contributed by atoms with Crippen LogP contribution in [0.25, 0.3) is 0 Å². The van der Waals surface area contributed by atoms with Gasteiger partial charge in [-0.2, -0.15) is 5.10 Å². The van der Waals surface area contributed by atoms with Crippen LogP contribution in [0, 0.1) is 6.92 Å². The van der Waals surface area contributed by atoms with Gasteiger partial charge in [-0.05, 0) is 92.6 Å². The topological polar surface area (TPSA) is 53.9 Å². The molecule has 1 heterocycles. The highest BCUT2D eigenvalue weighted by Crippen LogP contribution is 2.44. The first-order chi connectivity index (χ1) is 14.7. The van der Waals surface area contributed by atoms with Crippen molar-refractivity contribution in [3.05, 3.63) is 58.1 Å². The lowest BCUT2D eigenvalue weighted by molar-refractivity contribution is -0.123. The molecule has 0 saturated carbocycles. The average Bonchev–Trinajstić information content (AvgIpc) is 2.71. The number of hydrogen-bond donors (Lipinski definition) is 1. The lowest BCUT2D eigenvalue weighted by Crippen LogP contribution is -2.48. The summed E-state index contributed by atoms with van der Waals surface area (Å²) in [5, 5.41) is 4.77. The van der Waals surface area contributed by atoms with Gasteiger partial charge in [0, 0.05) is 22.8 Å². The van der Waals surface area contributed by atoms with Gasteiger partial charge in [0.2, 0.25) is 0 Å². The molecule has 5 nitrogen and oxygen atoms in total. The summed E-state index contributed by atoms with van der Waals surface area (Å²) in [5.74, 6) is 0.738. The van der Waals surface area contributed by atoms with Crippen LogP contribution in [0.5, 0.6) is 5.75 Å². The summed E-state index contributed by atoms with van der Waals surface area (Å²) in [4.78, 5) is 14.6. The van der Waals surface area contributed by atoms with E-state index >= 15 is 0 Å². The van der Waals surface area contributed by atoms with Gasteiger partial charge >= 0.3 is 0 Å². The number of ether oxygens (including phenoxy) is 1. The number of carbonyl (C=O) groups is 1. The third-order valence-electron chi connectivity index (χ3n) is 5.80. The Morgan fingerprint density at radius 2 is 2.03 bits per heavy atom. The number of anilines is 1. The van der Waals surface area contributed by atoms with E-state index in [1.54, 1.807) is 30.5 Å². The monoisotopic (exact) mass is 441 g/mol. The van der Waals surface area contributed by atoms with Crippen LogP contribution in [0.3, 0.4) is 0 Å². The standard InChI is InChI=1S/C25H32ClN3O2/c1-6-11-29-23-12-17(2)19(13-22(23)18(3)14-25(29,4)5)15-27-28-24(30)16-31-21-9-7-20(26)8-10-21/h7-10,12-13,15,18H,6,11,14,16H2,1-5H3,(H,28,30)/b27-15-. The largest absolute Gasteiger partial charge is 0.484 e. The average molecular weight is 442 g/mol. The normalized spacial score (nSPS) is 17.5. The highest BCUT2D eigenvalue weighted by molar-refractivity contribution is 6.30. The first kappa shape index (κ1) is 23.1. The van der Waals surface area contributed by atoms with E-state index in [0.29, 0.717) is 16.7 Å². The van der Waals surface area contributed by atoms with E-state index in [-0.39, 0.29) is 18.1 Å². The van der Waals surface area contributed by atoms with Crippen LogP contribution < -0.4 is 15.1 Å². The molecule has 0 bridgehead atoms. The summed E-state index contributed by atoms with van der Waals surface area (Å²) in [6.45, 7) is 12.2. The minimum Gasteiger partial charge on any atom is -0.484 e. The van der Waals surface area contributed by atoms with Gasteiger partial charge in [0.25, 0.3) is 5.91 Å². The van der Waals surface area contributed by atoms with Crippen LogP contribution in [0.1, 0.15) is 63.1 Å². The van der Waals surface area contributed by atoms with Crippen molar-refractivity contribution in [2.24, 2.45) is 5.10 Å². The molecule has 2 aromatic rings. The van der Waals surface area contributed by atoms with Gasteiger partial charge in [0.1, 0.15) is 5.75 Å². The van der Waals surface area contributed by atoms with E-state index < -0.39 is 0 Å². The number of nitrogens with one attached hydrogen (secondary N) is 1. The molecule has 0 saturated heterocycles. The molecule has 0 spiro atoms. The van der Waals surface area contributed by atoms with Gasteiger partial charge < -0.3 is 9.64 Å². The Bertz CT molecular complexity index is 954. The van der Waals surface area contributed by atoms with Crippen LogP contribution in [0.4, 0.5) is 5.69 Å². The zero-order chi connectivity index (χ0) is 22.6. The van der Waals surface area contributed by atoms with Gasteiger partial charge in [-0.25, -0.2) is 5.43 Å². The Balaban J connectivity index is 1.68. The Hall–Kier alpha value is -2.53. The van der Waals surface area contributed by atoms with Crippen LogP contribution >= 0.6 is 11.6 Å². The highest BCUT2D eigenvalue weighted by Gasteiger charge is 2.36. The number of amides is 1. The third-order valence-corrected chi connectivity index (χ3v) is 6.05. The second kappa shape index (κ2) is 9.73. The summed E-state index contributed by atoms with van der Waals surface area (Å²) in [7, 11) is 0. The van der Waals surface area contributed by atoms with E-state index in [1.165, 1.54) is 11.3 Å². The summed E-state index contributed by atoms with van der Waals surface area (Å²) in [5.41, 5.74) is 7.50. The zero-order valence-corrected chi connectivity index (χ0v) is 19.8. The smallest absolute Gasteiger partial charge is 0.277 e. The van der Waals surface area contributed by atoms with Crippen molar-refractivity contribution in [2.75, 3.05) is 18.1 Å². The molecular weight excluding hydrogens is 410 g/mol. The summed E-state index contributed by atoms with van der Waals surface area (Å²) in [6, 6.07) is 11.4. The molecule has 1 amide bonds. The molecule has 0 fully saturated rings. The maximum Gasteiger partial charge on any atom is 0.277 e. The fourth-order valence-electron chi connectivity index (χ4n) is 4.32. The molecule has 2 aromatic carbocycles. The Morgan fingerprint density at radius 3 is 2.71 bits per heavy atom. The van der Waals surface area contributed by atoms with Gasteiger partial charge in [-0.3, -0.25) is 4.79 Å². The van der Waals surface area contributed by atoms with Crippen molar-refractivity contribution in [3.63, 3.8) is 0 Å². The van der Waals surface area contributed by atoms with Crippen molar-refractivity contribution < 1.29 is 9.53 Å². The SMILES string of the molecule is CCCN1c2cc(C)c(/C=N\NC(=O)COc3ccc(Cl)cc3)cc2C(C)CC1(C)C. The predicted molar refractivity (Wildman–Crippen MR) is 129 cm³/mol. The van der Waals surface area contributed by atoms with Gasteiger partial charge in [0.05, 0.1) is 6.21 Å². The molecule has 0 aromatic heterocycles. The Morgan fingerprint density at radius 1 is 1.32 bits per heavy atom. The Labute approximate surface area is 190 Å². The van der Waals surface area contributed by atoms with Crippen molar-refractivity contribution in [2.45, 2.75) is 58.9 Å². The van der Waals surface area contributed by atoms with Crippen LogP contribution in [-0.2, 0) is 4.79 Å². The summed E-state index contributed by atoms with van der Waals surface area (Å²) in [6.07, 6.45) is 3.94. The molecule has 31 heavy (non-hydrogen) atoms. The van der Waals surface area contributed by atoms with Crippen LogP contribution in [-0.4, -0.2) is 30.8 Å². The quantitative estimate of drug-likeness (QED) is 0.444. The minimum atomic E-state index is -0.314.